The Balaban J connectivity index is 0.000000231. The van der Waals surface area contributed by atoms with Crippen LogP contribution in [0.3, 0.4) is 0 Å². The smallest absolute Gasteiger partial charge is 1.00 e. The molecule has 17 nitrogen and oxygen atoms in total. The largest absolute Gasteiger partial charge is 1.00 e. The number of nitrogens with zero attached hydrogens (tertiary/aromatic N) is 11. The minimum absolute atomic E-state index is 0. The zero-order valence-electron chi connectivity index (χ0n) is 43.6. The number of ether oxygens (including phenoxy) is 2. The topological polar surface area (TPSA) is 233 Å². The Bertz CT molecular complexity index is 3980. The van der Waals surface area contributed by atoms with Gasteiger partial charge in [0.05, 0.1) is 76.1 Å². The van der Waals surface area contributed by atoms with Gasteiger partial charge in [-0.3, -0.25) is 8.57 Å². The predicted octanol–water partition coefficient (Wildman–Crippen LogP) is 8.70. The maximum Gasteiger partial charge on any atom is 1.00 e. The third kappa shape index (κ3) is 14.5. The molecular formula is C50H36F9N12NaO5S3. The summed E-state index contributed by atoms with van der Waals surface area (Å²) < 4.78 is 162. The first-order valence-electron chi connectivity index (χ1n) is 22.6. The molecule has 0 saturated carbocycles. The van der Waals surface area contributed by atoms with Crippen LogP contribution < -0.4 is 39.0 Å². The molecular weight excluding hydrogens is 1140 g/mol. The van der Waals surface area contributed by atoms with E-state index in [0.29, 0.717) is 44.2 Å². The maximum absolute atomic E-state index is 14.3. The quantitative estimate of drug-likeness (QED) is 0.0725. The van der Waals surface area contributed by atoms with E-state index in [2.05, 4.69) is 55.6 Å². The first-order valence-corrected chi connectivity index (χ1v) is 25.4. The van der Waals surface area contributed by atoms with Gasteiger partial charge in [-0.05, 0) is 60.7 Å². The second-order valence-corrected chi connectivity index (χ2v) is 19.5. The van der Waals surface area contributed by atoms with Gasteiger partial charge in [-0.1, -0.05) is 46.9 Å². The van der Waals surface area contributed by atoms with Gasteiger partial charge in [0.15, 0.2) is 0 Å². The molecule has 0 fully saturated rings. The van der Waals surface area contributed by atoms with E-state index in [9.17, 15) is 58.5 Å². The first kappa shape index (κ1) is 59.8. The number of alkyl halides is 7. The average Bonchev–Trinajstić information content (AvgIpc) is 4.43. The van der Waals surface area contributed by atoms with Gasteiger partial charge in [0.2, 0.25) is 0 Å². The number of nitrogens with one attached hydrogen (secondary N) is 1. The Hall–Kier alpha value is -7.90. The summed E-state index contributed by atoms with van der Waals surface area (Å²) in [6, 6.07) is 23.5. The molecule has 4 aromatic heterocycles. The van der Waals surface area contributed by atoms with Crippen molar-refractivity contribution in [3.05, 3.63) is 154 Å². The summed E-state index contributed by atoms with van der Waals surface area (Å²) in [5.41, 5.74) is 1.41. The van der Waals surface area contributed by atoms with Crippen molar-refractivity contribution in [2.75, 3.05) is 27.6 Å². The molecule has 10 rings (SSSR count). The molecule has 80 heavy (non-hydrogen) atoms. The SMILES string of the molecule is COc1ccc(-c2nnc(COS(C)(=O)=O)s2)c(C(F)(F)F)c1.COc1ccc(-c2nnc(Cn3cnc4c(C#N)c(-c5ccccc5F)nc-4c3)s2)c(C(F)(F)F)c1.N#Cc1c(-c2ccccc2F)[nH]c2cncnc12.[2H]CF.[H-].[Na+]. The van der Waals surface area contributed by atoms with Gasteiger partial charge in [-0.25, -0.2) is 28.7 Å². The van der Waals surface area contributed by atoms with Crippen LogP contribution in [0, 0.1) is 34.3 Å². The van der Waals surface area contributed by atoms with Crippen molar-refractivity contribution in [2.45, 2.75) is 25.5 Å². The standard InChI is InChI=1S/C24H14F4N6OS.C13H7FN4.C12H11F3N2O4S2.CH3F.Na.H/c1-35-13-6-7-14(17(8-13)24(26,27)28)23-33-32-20(36-23)11-34-10-19-22(30-12-34)16(9-29)21(31-19)15-4-2-3-5-18(15)25;14-10-4-2-1-3-8(10)12-9(5-15)13-11(18-12)6-16-7-17-13;1-20-7-3-4-8(9(5-7)12(13,14)15)11-17-16-10(22-11)6-21-23(2,18)19;1-2;;/h2-8,10,12H,11H2,1H3;1-4,6-7,18H;3-5H,6H2,1-2H3;1H3;;/q;;;;+1;-1/i;;;1D;;. The van der Waals surface area contributed by atoms with E-state index >= 15 is 0 Å². The van der Waals surface area contributed by atoms with Crippen LogP contribution in [0.4, 0.5) is 39.5 Å². The fourth-order valence-corrected chi connectivity index (χ4v) is 9.35. The molecule has 2 aliphatic rings. The van der Waals surface area contributed by atoms with Crippen LogP contribution in [-0.4, -0.2) is 85.9 Å². The predicted molar refractivity (Wildman–Crippen MR) is 271 cm³/mol. The molecule has 0 saturated heterocycles. The molecule has 0 aliphatic carbocycles. The van der Waals surface area contributed by atoms with Gasteiger partial charge < -0.3 is 20.5 Å². The number of nitriles is 2. The number of methoxy groups -OCH3 is 2. The molecule has 4 aromatic carbocycles. The van der Waals surface area contributed by atoms with Gasteiger partial charge in [-0.2, -0.15) is 45.3 Å². The zero-order valence-corrected chi connectivity index (χ0v) is 46.1. The van der Waals surface area contributed by atoms with Crippen LogP contribution in [-0.2, 0) is 39.8 Å². The second-order valence-electron chi connectivity index (χ2n) is 15.7. The number of rotatable bonds is 11. The van der Waals surface area contributed by atoms with E-state index in [-0.39, 0.29) is 104 Å². The number of H-pyrrole nitrogens is 1. The normalized spacial score (nSPS) is 11.3. The molecule has 0 radical (unpaired) electrons. The van der Waals surface area contributed by atoms with E-state index < -0.39 is 46.6 Å². The Morgan fingerprint density at radius 3 is 1.81 bits per heavy atom. The van der Waals surface area contributed by atoms with Gasteiger partial charge >= 0.3 is 41.9 Å². The summed E-state index contributed by atoms with van der Waals surface area (Å²) in [7, 11) is -2.12. The Labute approximate surface area is 481 Å². The molecule has 408 valence electrons. The molecule has 8 aromatic rings. The van der Waals surface area contributed by atoms with Crippen LogP contribution >= 0.6 is 22.7 Å². The number of hydrogen-bond donors (Lipinski definition) is 1. The summed E-state index contributed by atoms with van der Waals surface area (Å²) in [6.45, 7) is -0.226. The fourth-order valence-electron chi connectivity index (χ4n) is 7.27. The van der Waals surface area contributed by atoms with Crippen molar-refractivity contribution in [3.8, 4) is 78.7 Å². The average molecular weight is 1180 g/mol. The third-order valence-corrected chi connectivity index (χ3v) is 13.1. The first-order chi connectivity index (χ1) is 38.1. The van der Waals surface area contributed by atoms with Crippen LogP contribution in [0.15, 0.2) is 110 Å². The Morgan fingerprint density at radius 2 is 1.29 bits per heavy atom. The number of halogens is 9. The van der Waals surface area contributed by atoms with Crippen LogP contribution in [0.25, 0.3) is 66.1 Å². The van der Waals surface area contributed by atoms with Crippen molar-refractivity contribution in [3.63, 3.8) is 0 Å². The zero-order chi connectivity index (χ0) is 57.9. The summed E-state index contributed by atoms with van der Waals surface area (Å²) in [4.78, 5) is 19.6. The molecule has 0 bridgehead atoms. The second kappa shape index (κ2) is 26.4. The van der Waals surface area contributed by atoms with Crippen LogP contribution in [0.5, 0.6) is 11.5 Å². The van der Waals surface area contributed by atoms with Crippen molar-refractivity contribution in [2.24, 2.45) is 0 Å². The monoisotopic (exact) mass is 1180 g/mol. The summed E-state index contributed by atoms with van der Waals surface area (Å²) >= 11 is 1.83. The molecule has 0 spiro atoms. The van der Waals surface area contributed by atoms with E-state index in [4.69, 9.17) is 10.8 Å². The number of hydrogen-bond acceptors (Lipinski definition) is 17. The van der Waals surface area contributed by atoms with Gasteiger partial charge in [-0.15, -0.1) is 20.4 Å². The molecule has 30 heteroatoms. The molecule has 0 unspecified atom stereocenters. The Kier molecular flexibility index (Phi) is 19.7. The third-order valence-electron chi connectivity index (χ3n) is 10.7. The summed E-state index contributed by atoms with van der Waals surface area (Å²) in [5.74, 6) is -0.748. The molecule has 6 heterocycles. The summed E-state index contributed by atoms with van der Waals surface area (Å²) in [6.07, 6.45) is -2.35. The Morgan fingerprint density at radius 1 is 0.750 bits per heavy atom. The van der Waals surface area contributed by atoms with Gasteiger partial charge in [0.1, 0.15) is 96.3 Å². The fraction of sp³-hybridized carbons (Fsp3) is 0.160. The number of benzene rings is 4. The molecule has 2 aliphatic heterocycles. The van der Waals surface area contributed by atoms with Gasteiger partial charge in [0, 0.05) is 28.5 Å². The van der Waals surface area contributed by atoms with Gasteiger partial charge in [0.25, 0.3) is 10.1 Å². The van der Waals surface area contributed by atoms with E-state index in [1.54, 1.807) is 47.3 Å². The number of aromatic nitrogens is 10. The minimum atomic E-state index is -4.60. The van der Waals surface area contributed by atoms with Crippen LogP contribution in [0.1, 0.15) is 35.1 Å². The van der Waals surface area contributed by atoms with Crippen molar-refractivity contribution >= 4 is 43.8 Å². The number of aromatic amines is 1. The summed E-state index contributed by atoms with van der Waals surface area (Å²) in [5, 5.41) is 34.8. The van der Waals surface area contributed by atoms with Crippen molar-refractivity contribution in [1.29, 1.82) is 10.5 Å². The van der Waals surface area contributed by atoms with Crippen molar-refractivity contribution < 1.29 is 93.9 Å². The minimum Gasteiger partial charge on any atom is -1.00 e. The van der Waals surface area contributed by atoms with E-state index in [1.165, 1.54) is 69.3 Å². The number of fused-ring (bicyclic) bond motifs is 2. The van der Waals surface area contributed by atoms with Crippen LogP contribution in [0.2, 0.25) is 0 Å². The van der Waals surface area contributed by atoms with E-state index in [0.717, 1.165) is 41.1 Å². The maximum atomic E-state index is 14.3. The molecule has 1 N–H and O–H groups in total. The van der Waals surface area contributed by atoms with Crippen molar-refractivity contribution in [1.82, 2.24) is 49.9 Å². The van der Waals surface area contributed by atoms with E-state index in [1.807, 2.05) is 6.07 Å². The molecule has 0 amide bonds. The molecule has 0 atom stereocenters.